The Hall–Kier alpha value is -3.26. The Labute approximate surface area is 211 Å². The fourth-order valence-corrected chi connectivity index (χ4v) is 4.25. The number of carbonyl (C=O) groups excluding carboxylic acids is 2. The number of hydrogen-bond donors (Lipinski definition) is 1. The SMILES string of the molecule is CCCN(CC(=O)Nc1cc(C(C)(C)C)nn1-c1ccc(OC)cc1)C(=O)CSc1ccccc1. The second-order valence-electron chi connectivity index (χ2n) is 9.24. The van der Waals surface area contributed by atoms with Gasteiger partial charge in [0.25, 0.3) is 0 Å². The van der Waals surface area contributed by atoms with Crippen LogP contribution in [0.5, 0.6) is 5.75 Å². The summed E-state index contributed by atoms with van der Waals surface area (Å²) in [5.74, 6) is 1.27. The summed E-state index contributed by atoms with van der Waals surface area (Å²) in [5, 5.41) is 7.73. The number of nitrogens with one attached hydrogen (secondary N) is 1. The lowest BCUT2D eigenvalue weighted by atomic mass is 9.92. The van der Waals surface area contributed by atoms with Crippen molar-refractivity contribution < 1.29 is 14.3 Å². The van der Waals surface area contributed by atoms with Crippen LogP contribution >= 0.6 is 11.8 Å². The van der Waals surface area contributed by atoms with E-state index in [9.17, 15) is 9.59 Å². The molecule has 0 aliphatic rings. The van der Waals surface area contributed by atoms with Gasteiger partial charge in [-0.3, -0.25) is 9.59 Å². The second-order valence-corrected chi connectivity index (χ2v) is 10.3. The molecule has 0 unspecified atom stereocenters. The smallest absolute Gasteiger partial charge is 0.245 e. The molecule has 0 spiro atoms. The minimum absolute atomic E-state index is 0.0132. The van der Waals surface area contributed by atoms with Gasteiger partial charge in [0.2, 0.25) is 11.8 Å². The normalized spacial score (nSPS) is 11.2. The summed E-state index contributed by atoms with van der Waals surface area (Å²) in [5.41, 5.74) is 1.46. The molecule has 7 nitrogen and oxygen atoms in total. The standard InChI is InChI=1S/C27H34N4O3S/c1-6-16-30(26(33)19-35-22-10-8-7-9-11-22)18-25(32)28-24-17-23(27(2,3)4)29-31(24)20-12-14-21(34-5)15-13-20/h7-15,17H,6,16,18-19H2,1-5H3,(H,28,32). The summed E-state index contributed by atoms with van der Waals surface area (Å²) in [6.45, 7) is 8.73. The lowest BCUT2D eigenvalue weighted by Crippen LogP contribution is -2.39. The van der Waals surface area contributed by atoms with Crippen LogP contribution in [-0.2, 0) is 15.0 Å². The molecule has 186 valence electrons. The number of thioether (sulfide) groups is 1. The van der Waals surface area contributed by atoms with Crippen molar-refractivity contribution in [2.75, 3.05) is 31.3 Å². The van der Waals surface area contributed by atoms with Crippen LogP contribution in [0.1, 0.15) is 39.8 Å². The Balaban J connectivity index is 1.75. The summed E-state index contributed by atoms with van der Waals surface area (Å²) < 4.78 is 6.98. The Morgan fingerprint density at radius 3 is 2.37 bits per heavy atom. The van der Waals surface area contributed by atoms with Crippen molar-refractivity contribution >= 4 is 29.4 Å². The lowest BCUT2D eigenvalue weighted by molar-refractivity contribution is -0.132. The average molecular weight is 495 g/mol. The van der Waals surface area contributed by atoms with Gasteiger partial charge in [-0.25, -0.2) is 4.68 Å². The van der Waals surface area contributed by atoms with Gasteiger partial charge in [0, 0.05) is 22.9 Å². The predicted octanol–water partition coefficient (Wildman–Crippen LogP) is 5.15. The molecule has 1 N–H and O–H groups in total. The van der Waals surface area contributed by atoms with Gasteiger partial charge in [-0.05, 0) is 42.8 Å². The molecule has 0 aliphatic heterocycles. The first-order chi connectivity index (χ1) is 16.7. The third-order valence-corrected chi connectivity index (χ3v) is 6.35. The highest BCUT2D eigenvalue weighted by Crippen LogP contribution is 2.27. The number of amides is 2. The van der Waals surface area contributed by atoms with Crippen molar-refractivity contribution in [3.63, 3.8) is 0 Å². The van der Waals surface area contributed by atoms with E-state index in [1.807, 2.05) is 67.6 Å². The van der Waals surface area contributed by atoms with Crippen LogP contribution in [-0.4, -0.2) is 52.4 Å². The molecule has 3 rings (SSSR count). The highest BCUT2D eigenvalue weighted by Gasteiger charge is 2.23. The molecule has 0 aliphatic carbocycles. The molecule has 1 heterocycles. The molecular weight excluding hydrogens is 460 g/mol. The third kappa shape index (κ3) is 7.36. The van der Waals surface area contributed by atoms with Gasteiger partial charge in [0.1, 0.15) is 11.6 Å². The largest absolute Gasteiger partial charge is 0.497 e. The molecule has 2 amide bonds. The summed E-state index contributed by atoms with van der Waals surface area (Å²) in [4.78, 5) is 28.6. The molecule has 3 aromatic rings. The van der Waals surface area contributed by atoms with E-state index >= 15 is 0 Å². The molecule has 1 aromatic heterocycles. The molecule has 8 heteroatoms. The zero-order chi connectivity index (χ0) is 25.4. The molecule has 35 heavy (non-hydrogen) atoms. The monoisotopic (exact) mass is 494 g/mol. The van der Waals surface area contributed by atoms with Crippen molar-refractivity contribution in [2.24, 2.45) is 0 Å². The number of benzene rings is 2. The van der Waals surface area contributed by atoms with Crippen LogP contribution < -0.4 is 10.1 Å². The van der Waals surface area contributed by atoms with Crippen LogP contribution in [0.2, 0.25) is 0 Å². The van der Waals surface area contributed by atoms with Gasteiger partial charge in [-0.15, -0.1) is 11.8 Å². The molecule has 0 atom stereocenters. The summed E-state index contributed by atoms with van der Waals surface area (Å²) in [7, 11) is 1.62. The van der Waals surface area contributed by atoms with Crippen LogP contribution in [0.4, 0.5) is 5.82 Å². The number of carbonyl (C=O) groups is 2. The van der Waals surface area contributed by atoms with Crippen LogP contribution in [0.3, 0.4) is 0 Å². The highest BCUT2D eigenvalue weighted by atomic mass is 32.2. The molecular formula is C27H34N4O3S. The van der Waals surface area contributed by atoms with E-state index in [1.165, 1.54) is 11.8 Å². The number of hydrogen-bond acceptors (Lipinski definition) is 5. The Bertz CT molecular complexity index is 1120. The Morgan fingerprint density at radius 2 is 1.77 bits per heavy atom. The zero-order valence-corrected chi connectivity index (χ0v) is 21.9. The van der Waals surface area contributed by atoms with E-state index in [-0.39, 0.29) is 29.5 Å². The maximum absolute atomic E-state index is 13.0. The molecule has 0 fully saturated rings. The number of rotatable bonds is 10. The summed E-state index contributed by atoms with van der Waals surface area (Å²) >= 11 is 1.48. The first kappa shape index (κ1) is 26.3. The topological polar surface area (TPSA) is 76.5 Å². The van der Waals surface area contributed by atoms with E-state index < -0.39 is 0 Å². The van der Waals surface area contributed by atoms with Gasteiger partial charge in [-0.1, -0.05) is 45.9 Å². The van der Waals surface area contributed by atoms with Gasteiger partial charge in [0.15, 0.2) is 0 Å². The van der Waals surface area contributed by atoms with Crippen molar-refractivity contribution in [3.05, 3.63) is 66.4 Å². The zero-order valence-electron chi connectivity index (χ0n) is 21.1. The van der Waals surface area contributed by atoms with E-state index in [0.29, 0.717) is 12.4 Å². The van der Waals surface area contributed by atoms with Crippen molar-refractivity contribution in [1.29, 1.82) is 0 Å². The number of ether oxygens (including phenoxy) is 1. The molecule has 0 saturated heterocycles. The van der Waals surface area contributed by atoms with Crippen LogP contribution in [0.15, 0.2) is 65.6 Å². The van der Waals surface area contributed by atoms with E-state index in [1.54, 1.807) is 16.7 Å². The van der Waals surface area contributed by atoms with Crippen molar-refractivity contribution in [1.82, 2.24) is 14.7 Å². The lowest BCUT2D eigenvalue weighted by Gasteiger charge is -2.21. The highest BCUT2D eigenvalue weighted by molar-refractivity contribution is 8.00. The van der Waals surface area contributed by atoms with E-state index in [4.69, 9.17) is 9.84 Å². The van der Waals surface area contributed by atoms with Gasteiger partial charge < -0.3 is 15.0 Å². The molecule has 2 aromatic carbocycles. The van der Waals surface area contributed by atoms with Crippen LogP contribution in [0, 0.1) is 0 Å². The Morgan fingerprint density at radius 1 is 1.09 bits per heavy atom. The van der Waals surface area contributed by atoms with Crippen molar-refractivity contribution in [3.8, 4) is 11.4 Å². The minimum Gasteiger partial charge on any atom is -0.497 e. The van der Waals surface area contributed by atoms with E-state index in [0.717, 1.165) is 28.4 Å². The molecule has 0 radical (unpaired) electrons. The first-order valence-corrected chi connectivity index (χ1v) is 12.7. The molecule has 0 saturated carbocycles. The maximum Gasteiger partial charge on any atom is 0.245 e. The quantitative estimate of drug-likeness (QED) is 0.395. The van der Waals surface area contributed by atoms with Gasteiger partial charge >= 0.3 is 0 Å². The van der Waals surface area contributed by atoms with Crippen LogP contribution in [0.25, 0.3) is 5.69 Å². The Kier molecular flexibility index (Phi) is 8.98. The minimum atomic E-state index is -0.258. The fourth-order valence-electron chi connectivity index (χ4n) is 3.43. The fraction of sp³-hybridized carbons (Fsp3) is 0.370. The summed E-state index contributed by atoms with van der Waals surface area (Å²) in [6, 6.07) is 19.2. The van der Waals surface area contributed by atoms with E-state index in [2.05, 4.69) is 26.1 Å². The first-order valence-electron chi connectivity index (χ1n) is 11.7. The van der Waals surface area contributed by atoms with Gasteiger partial charge in [-0.2, -0.15) is 5.10 Å². The number of methoxy groups -OCH3 is 1. The number of aromatic nitrogens is 2. The average Bonchev–Trinajstić information content (AvgIpc) is 3.27. The number of nitrogens with zero attached hydrogens (tertiary/aromatic N) is 3. The number of anilines is 1. The summed E-state index contributed by atoms with van der Waals surface area (Å²) in [6.07, 6.45) is 0.771. The van der Waals surface area contributed by atoms with Gasteiger partial charge in [0.05, 0.1) is 30.8 Å². The molecule has 0 bridgehead atoms. The second kappa shape index (κ2) is 11.9. The van der Waals surface area contributed by atoms with Crippen molar-refractivity contribution in [2.45, 2.75) is 44.4 Å². The maximum atomic E-state index is 13.0. The predicted molar refractivity (Wildman–Crippen MR) is 141 cm³/mol. The third-order valence-electron chi connectivity index (χ3n) is 5.35.